The van der Waals surface area contributed by atoms with Gasteiger partial charge >= 0.3 is 0 Å². The van der Waals surface area contributed by atoms with Gasteiger partial charge in [0.1, 0.15) is 42.4 Å². The number of aliphatic hydroxyl groups is 3. The summed E-state index contributed by atoms with van der Waals surface area (Å²) in [5, 5.41) is 36.2. The summed E-state index contributed by atoms with van der Waals surface area (Å²) < 4.78 is 61.1. The molecule has 3 heterocycles. The highest BCUT2D eigenvalue weighted by atomic mass is 32.2. The van der Waals surface area contributed by atoms with Crippen LogP contribution in [0.2, 0.25) is 0 Å². The third-order valence-corrected chi connectivity index (χ3v) is 14.8. The maximum Gasteiger partial charge on any atom is 0.274 e. The molecular weight excluding hydrogens is 1020 g/mol. The highest BCUT2D eigenvalue weighted by Crippen LogP contribution is 2.56. The van der Waals surface area contributed by atoms with Crippen molar-refractivity contribution in [3.05, 3.63) is 12.7 Å². The Morgan fingerprint density at radius 1 is 0.873 bits per heavy atom. The van der Waals surface area contributed by atoms with Crippen molar-refractivity contribution in [2.45, 2.75) is 160 Å². The Morgan fingerprint density at radius 3 is 2.01 bits per heavy atom. The molecule has 1 aliphatic rings. The van der Waals surface area contributed by atoms with Gasteiger partial charge in [-0.1, -0.05) is 122 Å². The molecule has 71 heavy (non-hydrogen) atoms. The number of anilines is 1. The van der Waals surface area contributed by atoms with E-state index in [2.05, 4.69) is 50.4 Å². The summed E-state index contributed by atoms with van der Waals surface area (Å²) in [5.41, 5.74) is 4.10. The number of hydrogen-bond acceptors (Lipinski definition) is 22. The smallest absolute Gasteiger partial charge is 0.274 e. The van der Waals surface area contributed by atoms with E-state index < -0.39 is 90.7 Å². The number of aromatic nitrogens is 4. The molecule has 0 aliphatic carbocycles. The number of unbranched alkanes of at least 4 members (excludes halogenated alkanes) is 13. The minimum absolute atomic E-state index is 0. The van der Waals surface area contributed by atoms with E-state index in [9.17, 15) is 63.0 Å². The molecule has 20 N–H and O–H groups in total. The second-order valence-electron chi connectivity index (χ2n) is 17.1. The van der Waals surface area contributed by atoms with Gasteiger partial charge in [0, 0.05) is 30.7 Å². The van der Waals surface area contributed by atoms with Gasteiger partial charge in [0.15, 0.2) is 17.7 Å². The number of nitrogens with two attached hydrogens (primary N) is 1. The molecule has 32 heteroatoms. The van der Waals surface area contributed by atoms with Crippen LogP contribution in [0.15, 0.2) is 12.7 Å². The summed E-state index contributed by atoms with van der Waals surface area (Å²) in [6.07, 6.45) is 8.69. The van der Waals surface area contributed by atoms with Crippen LogP contribution in [0, 0.1) is 5.41 Å². The summed E-state index contributed by atoms with van der Waals surface area (Å²) in [6.45, 7) is 2.24. The number of phosphoric acid groups is 3. The average molecular weight is 1100 g/mol. The molecule has 1 saturated heterocycles. The lowest BCUT2D eigenvalue weighted by Gasteiger charge is -2.35. The summed E-state index contributed by atoms with van der Waals surface area (Å²) in [7, 11) is -17.4. The van der Waals surface area contributed by atoms with Crippen molar-refractivity contribution in [3.8, 4) is 0 Å². The Balaban J connectivity index is 0.0000163. The highest BCUT2D eigenvalue weighted by molar-refractivity contribution is 8.13. The fraction of sp³-hybridized carbons (Fsp3) is 0.795. The van der Waals surface area contributed by atoms with E-state index in [1.54, 1.807) is 0 Å². The van der Waals surface area contributed by atoms with Crippen LogP contribution in [0.25, 0.3) is 11.2 Å². The molecule has 9 atom stereocenters. The van der Waals surface area contributed by atoms with Gasteiger partial charge < -0.3 is 88.0 Å². The van der Waals surface area contributed by atoms with Crippen molar-refractivity contribution in [3.63, 3.8) is 0 Å². The van der Waals surface area contributed by atoms with Crippen LogP contribution in [0.3, 0.4) is 0 Å². The Bertz CT molecular complexity index is 2040. The lowest BCUT2D eigenvalue weighted by atomic mass is 9.87. The van der Waals surface area contributed by atoms with Crippen LogP contribution in [-0.2, 0) is 50.7 Å². The summed E-state index contributed by atoms with van der Waals surface area (Å²) >= 11 is 0.905. The third-order valence-electron chi connectivity index (χ3n) is 10.8. The normalized spacial score (nSPS) is 20.3. The van der Waals surface area contributed by atoms with E-state index in [0.717, 1.165) is 54.7 Å². The van der Waals surface area contributed by atoms with Crippen molar-refractivity contribution < 1.29 is 85.6 Å². The van der Waals surface area contributed by atoms with Gasteiger partial charge in [-0.25, -0.2) is 19.3 Å². The number of nitrogens with one attached hydrogen (secondary N) is 2. The standard InChI is InChI=1S/C39H70N7O18P3S.3H3N/c1-4-5-6-7-8-9-10-11-12-13-14-15-16-17-18-27(47)38(52)68-22-21-41-29(48)19-20-42-36(51)33(50)39(2,3)24-61-67(58,59)64-66(56,57)60-23-28-32(63-65(53,54)55)31(49)37(62-28)46-26-45-30-34(40)43-25-44-35(30)46;;;/h25-28,31-33,37,47,49-50H,4-24H2,1-3H3,(H,41,48)(H,42,51)(H,56,57)(H,58,59)(H2,40,43,44)(H2,53,54,55);3*1H3/t27?,28-,31-,32-,33+,37-;;;/m1.../s1. The molecule has 3 rings (SSSR count). The first-order valence-corrected chi connectivity index (χ1v) is 28.1. The SMILES string of the molecule is CCCCCCCCCCCCCCCCC(O)C(=O)SCCNC(=O)CCNC(=O)[C@H](O)C(C)(C)COP(=O)([O-])OP(=O)([O-])OC[C@H]1O[C@@H](n2cnc3c(N)ncnc32)[C@H](O)[C@@H]1OP(=O)([O-])O.[NH4+].[NH4+].[NH4+]. The Morgan fingerprint density at radius 2 is 1.44 bits per heavy atom. The zero-order valence-electron chi connectivity index (χ0n) is 41.6. The molecule has 0 aromatic carbocycles. The number of thioether (sulfide) groups is 1. The number of imidazole rings is 1. The van der Waals surface area contributed by atoms with Crippen LogP contribution in [0.1, 0.15) is 130 Å². The van der Waals surface area contributed by atoms with Gasteiger partial charge in [0.2, 0.25) is 16.9 Å². The fourth-order valence-corrected chi connectivity index (χ4v) is 10.5. The molecule has 0 spiro atoms. The molecule has 414 valence electrons. The molecule has 28 nitrogen and oxygen atoms in total. The van der Waals surface area contributed by atoms with Crippen LogP contribution in [0.5, 0.6) is 0 Å². The number of aliphatic hydroxyl groups excluding tert-OH is 3. The number of ether oxygens (including phenoxy) is 1. The lowest BCUT2D eigenvalue weighted by molar-refractivity contribution is -0.247. The van der Waals surface area contributed by atoms with E-state index in [-0.39, 0.29) is 65.8 Å². The van der Waals surface area contributed by atoms with Crippen LogP contribution in [-0.4, -0.2) is 119 Å². The number of nitrogen functional groups attached to an aromatic ring is 1. The third kappa shape index (κ3) is 25.0. The second-order valence-corrected chi connectivity index (χ2v) is 22.3. The molecule has 2 aromatic rings. The Hall–Kier alpha value is -2.60. The maximum atomic E-state index is 12.7. The summed E-state index contributed by atoms with van der Waals surface area (Å²) in [6, 6.07) is 0. The molecule has 4 unspecified atom stereocenters. The zero-order valence-corrected chi connectivity index (χ0v) is 45.1. The number of nitrogens with zero attached hydrogens (tertiary/aromatic N) is 4. The topological polar surface area (TPSA) is 502 Å². The average Bonchev–Trinajstić information content (AvgIpc) is 3.83. The van der Waals surface area contributed by atoms with Crippen LogP contribution in [0.4, 0.5) is 5.82 Å². The summed E-state index contributed by atoms with van der Waals surface area (Å²) in [4.78, 5) is 95.0. The van der Waals surface area contributed by atoms with Crippen molar-refractivity contribution in [1.29, 1.82) is 0 Å². The highest BCUT2D eigenvalue weighted by Gasteiger charge is 2.48. The summed E-state index contributed by atoms with van der Waals surface area (Å²) in [5.74, 6) is -1.37. The van der Waals surface area contributed by atoms with Gasteiger partial charge in [0.05, 0.1) is 19.5 Å². The number of carbonyl (C=O) groups is 3. The molecule has 0 bridgehead atoms. The second kappa shape index (κ2) is 33.3. The van der Waals surface area contributed by atoms with Crippen LogP contribution < -0.4 is 49.5 Å². The zero-order chi connectivity index (χ0) is 50.5. The number of quaternary nitrogens is 3. The van der Waals surface area contributed by atoms with Crippen molar-refractivity contribution in [2.24, 2.45) is 5.41 Å². The van der Waals surface area contributed by atoms with Gasteiger partial charge in [0.25, 0.3) is 23.5 Å². The lowest BCUT2D eigenvalue weighted by Crippen LogP contribution is -2.46. The predicted octanol–water partition coefficient (Wildman–Crippen LogP) is 3.13. The molecule has 0 saturated carbocycles. The Labute approximate surface area is 418 Å². The molecule has 1 aliphatic heterocycles. The van der Waals surface area contributed by atoms with Crippen molar-refractivity contribution in [1.82, 2.24) is 48.6 Å². The molecular formula is C39H79N10O18P3S. The maximum absolute atomic E-state index is 12.7. The minimum atomic E-state index is -5.92. The van der Waals surface area contributed by atoms with Crippen molar-refractivity contribution >= 4 is 69.1 Å². The predicted molar refractivity (Wildman–Crippen MR) is 259 cm³/mol. The van der Waals surface area contributed by atoms with Gasteiger partial charge in [-0.2, -0.15) is 0 Å². The molecule has 0 radical (unpaired) electrons. The number of amides is 2. The molecule has 2 aromatic heterocycles. The molecule has 1 fully saturated rings. The minimum Gasteiger partial charge on any atom is -0.756 e. The first kappa shape index (κ1) is 68.4. The van der Waals surface area contributed by atoms with E-state index >= 15 is 0 Å². The van der Waals surface area contributed by atoms with E-state index in [4.69, 9.17) is 10.5 Å². The van der Waals surface area contributed by atoms with Crippen LogP contribution >= 0.6 is 35.2 Å². The van der Waals surface area contributed by atoms with E-state index in [0.29, 0.717) is 6.42 Å². The number of fused-ring (bicyclic) bond motifs is 1. The fourth-order valence-electron chi connectivity index (χ4n) is 7.01. The number of phosphoric ester groups is 3. The van der Waals surface area contributed by atoms with Crippen molar-refractivity contribution in [2.75, 3.05) is 37.8 Å². The number of carbonyl (C=O) groups excluding carboxylic acids is 3. The molecule has 2 amide bonds. The number of hydrogen-bond donors (Lipinski definition) is 10. The first-order chi connectivity index (χ1) is 32.0. The van der Waals surface area contributed by atoms with E-state index in [1.165, 1.54) is 78.1 Å². The monoisotopic (exact) mass is 1100 g/mol. The van der Waals surface area contributed by atoms with E-state index in [1.807, 2.05) is 0 Å². The number of rotatable bonds is 35. The largest absolute Gasteiger partial charge is 0.756 e. The Kier molecular flexibility index (Phi) is 32.1. The van der Waals surface area contributed by atoms with Gasteiger partial charge in [-0.15, -0.1) is 0 Å². The van der Waals surface area contributed by atoms with Gasteiger partial charge in [-0.3, -0.25) is 32.6 Å². The quantitative estimate of drug-likeness (QED) is 0.0350. The first-order valence-electron chi connectivity index (χ1n) is 22.7. The van der Waals surface area contributed by atoms with Gasteiger partial charge in [-0.05, 0) is 6.42 Å².